The third-order valence-corrected chi connectivity index (χ3v) is 2.43. The molecule has 0 unspecified atom stereocenters. The number of rotatable bonds is 4. The third kappa shape index (κ3) is 2.15. The van der Waals surface area contributed by atoms with E-state index in [-0.39, 0.29) is 0 Å². The van der Waals surface area contributed by atoms with E-state index < -0.39 is 0 Å². The maximum absolute atomic E-state index is 5.01. The van der Waals surface area contributed by atoms with Gasteiger partial charge in [-0.25, -0.2) is 4.52 Å². The predicted molar refractivity (Wildman–Crippen MR) is 64.2 cm³/mol. The summed E-state index contributed by atoms with van der Waals surface area (Å²) in [5.41, 5.74) is 0.814. The molecule has 0 bridgehead atoms. The Morgan fingerprint density at radius 1 is 1.33 bits per heavy atom. The number of anilines is 1. The lowest BCUT2D eigenvalue weighted by Gasteiger charge is -1.96. The number of nitrogens with one attached hydrogen (secondary N) is 1. The predicted octanol–water partition coefficient (Wildman–Crippen LogP) is 1.08. The first-order chi connectivity index (χ1) is 8.81. The van der Waals surface area contributed by atoms with Crippen LogP contribution >= 0.6 is 0 Å². The van der Waals surface area contributed by atoms with Gasteiger partial charge >= 0.3 is 0 Å². The average molecular weight is 244 g/mol. The molecule has 0 aliphatic rings. The second kappa shape index (κ2) is 4.44. The molecule has 0 spiro atoms. The van der Waals surface area contributed by atoms with Gasteiger partial charge in [-0.2, -0.15) is 9.97 Å². The van der Waals surface area contributed by atoms with E-state index in [9.17, 15) is 0 Å². The smallest absolute Gasteiger partial charge is 0.243 e. The summed E-state index contributed by atoms with van der Waals surface area (Å²) < 4.78 is 6.74. The average Bonchev–Trinajstić information content (AvgIpc) is 2.95. The van der Waals surface area contributed by atoms with Crippen LogP contribution in [0.15, 0.2) is 28.9 Å². The summed E-state index contributed by atoms with van der Waals surface area (Å²) >= 11 is 0. The number of fused-ring (bicyclic) bond motifs is 1. The van der Waals surface area contributed by atoms with E-state index in [0.29, 0.717) is 30.6 Å². The topological polar surface area (TPSA) is 81.1 Å². The first-order valence-corrected chi connectivity index (χ1v) is 5.66. The van der Waals surface area contributed by atoms with Crippen molar-refractivity contribution in [3.8, 4) is 0 Å². The van der Waals surface area contributed by atoms with Crippen LogP contribution in [0, 0.1) is 6.92 Å². The fourth-order valence-electron chi connectivity index (χ4n) is 1.63. The number of hydrogen-bond donors (Lipinski definition) is 1. The van der Waals surface area contributed by atoms with E-state index in [1.54, 1.807) is 11.4 Å². The van der Waals surface area contributed by atoms with Crippen LogP contribution in [0.3, 0.4) is 0 Å². The summed E-state index contributed by atoms with van der Waals surface area (Å²) in [5.74, 6) is 1.86. The van der Waals surface area contributed by atoms with Gasteiger partial charge in [-0.1, -0.05) is 11.2 Å². The van der Waals surface area contributed by atoms with Crippen LogP contribution < -0.4 is 5.32 Å². The lowest BCUT2D eigenvalue weighted by atomic mass is 10.4. The Kier molecular flexibility index (Phi) is 2.64. The van der Waals surface area contributed by atoms with Gasteiger partial charge in [0.1, 0.15) is 0 Å². The molecule has 0 aliphatic carbocycles. The van der Waals surface area contributed by atoms with Crippen molar-refractivity contribution in [1.29, 1.82) is 0 Å². The quantitative estimate of drug-likeness (QED) is 0.739. The standard InChI is InChI=1S/C11H12N6O/c1-8-13-10(18-16-8)5-6-12-11-14-9-4-2-3-7-17(9)15-11/h2-4,7H,5-6H2,1H3,(H,12,15). The van der Waals surface area contributed by atoms with E-state index in [0.717, 1.165) is 5.65 Å². The highest BCUT2D eigenvalue weighted by molar-refractivity contribution is 5.42. The minimum Gasteiger partial charge on any atom is -0.352 e. The van der Waals surface area contributed by atoms with Gasteiger partial charge in [0.25, 0.3) is 0 Å². The SMILES string of the molecule is Cc1noc(CCNc2nc3ccccn3n2)n1. The van der Waals surface area contributed by atoms with Crippen LogP contribution in [0.5, 0.6) is 0 Å². The highest BCUT2D eigenvalue weighted by Gasteiger charge is 2.04. The number of aromatic nitrogens is 5. The van der Waals surface area contributed by atoms with Crippen molar-refractivity contribution in [1.82, 2.24) is 24.7 Å². The first kappa shape index (κ1) is 10.7. The van der Waals surface area contributed by atoms with E-state index in [4.69, 9.17) is 4.52 Å². The van der Waals surface area contributed by atoms with Gasteiger partial charge in [0.2, 0.25) is 11.8 Å². The molecule has 0 amide bonds. The Bertz CT molecular complexity index is 625. The van der Waals surface area contributed by atoms with Crippen LogP contribution in [0.2, 0.25) is 0 Å². The van der Waals surface area contributed by atoms with Crippen molar-refractivity contribution >= 4 is 11.6 Å². The summed E-state index contributed by atoms with van der Waals surface area (Å²) in [6.07, 6.45) is 2.51. The molecule has 3 rings (SSSR count). The maximum Gasteiger partial charge on any atom is 0.243 e. The normalized spacial score (nSPS) is 10.9. The van der Waals surface area contributed by atoms with Crippen molar-refractivity contribution in [3.05, 3.63) is 36.1 Å². The number of pyridine rings is 1. The number of aryl methyl sites for hydroxylation is 1. The lowest BCUT2D eigenvalue weighted by Crippen LogP contribution is -2.06. The monoisotopic (exact) mass is 244 g/mol. The third-order valence-electron chi connectivity index (χ3n) is 2.43. The van der Waals surface area contributed by atoms with Crippen molar-refractivity contribution in [3.63, 3.8) is 0 Å². The molecule has 0 saturated heterocycles. The molecule has 92 valence electrons. The van der Waals surface area contributed by atoms with Gasteiger partial charge < -0.3 is 9.84 Å². The zero-order chi connectivity index (χ0) is 12.4. The fraction of sp³-hybridized carbons (Fsp3) is 0.273. The zero-order valence-electron chi connectivity index (χ0n) is 9.87. The van der Waals surface area contributed by atoms with E-state index in [2.05, 4.69) is 25.5 Å². The molecular formula is C11H12N6O. The Balaban J connectivity index is 1.62. The molecule has 0 fully saturated rings. The summed E-state index contributed by atoms with van der Waals surface area (Å²) in [7, 11) is 0. The van der Waals surface area contributed by atoms with Gasteiger partial charge in [0, 0.05) is 19.2 Å². The molecule has 18 heavy (non-hydrogen) atoms. The molecule has 0 radical (unpaired) electrons. The van der Waals surface area contributed by atoms with Gasteiger partial charge in [-0.3, -0.25) is 0 Å². The lowest BCUT2D eigenvalue weighted by molar-refractivity contribution is 0.377. The molecule has 3 heterocycles. The largest absolute Gasteiger partial charge is 0.352 e. The van der Waals surface area contributed by atoms with E-state index >= 15 is 0 Å². The fourth-order valence-corrected chi connectivity index (χ4v) is 1.63. The highest BCUT2D eigenvalue weighted by atomic mass is 16.5. The number of hydrogen-bond acceptors (Lipinski definition) is 6. The second-order valence-electron chi connectivity index (χ2n) is 3.85. The number of nitrogens with zero attached hydrogens (tertiary/aromatic N) is 5. The van der Waals surface area contributed by atoms with Crippen LogP contribution in [-0.4, -0.2) is 31.3 Å². The second-order valence-corrected chi connectivity index (χ2v) is 3.85. The zero-order valence-corrected chi connectivity index (χ0v) is 9.87. The molecule has 0 aliphatic heterocycles. The summed E-state index contributed by atoms with van der Waals surface area (Å²) in [6.45, 7) is 2.45. The van der Waals surface area contributed by atoms with Gasteiger partial charge in [0.05, 0.1) is 0 Å². The summed E-state index contributed by atoms with van der Waals surface area (Å²) in [6, 6.07) is 5.74. The maximum atomic E-state index is 5.01. The van der Waals surface area contributed by atoms with Crippen LogP contribution in [-0.2, 0) is 6.42 Å². The Morgan fingerprint density at radius 2 is 2.28 bits per heavy atom. The molecule has 0 aromatic carbocycles. The molecule has 7 nitrogen and oxygen atoms in total. The molecule has 0 saturated carbocycles. The minimum absolute atomic E-state index is 0.595. The molecule has 1 N–H and O–H groups in total. The Morgan fingerprint density at radius 3 is 3.06 bits per heavy atom. The Hall–Kier alpha value is -2.44. The molecule has 3 aromatic rings. The first-order valence-electron chi connectivity index (χ1n) is 5.66. The van der Waals surface area contributed by atoms with E-state index in [1.807, 2.05) is 24.4 Å². The van der Waals surface area contributed by atoms with Crippen molar-refractivity contribution in [2.75, 3.05) is 11.9 Å². The van der Waals surface area contributed by atoms with Crippen molar-refractivity contribution < 1.29 is 4.52 Å². The van der Waals surface area contributed by atoms with Crippen molar-refractivity contribution in [2.45, 2.75) is 13.3 Å². The van der Waals surface area contributed by atoms with Gasteiger partial charge in [-0.05, 0) is 19.1 Å². The van der Waals surface area contributed by atoms with Gasteiger partial charge in [-0.15, -0.1) is 5.10 Å². The highest BCUT2D eigenvalue weighted by Crippen LogP contribution is 2.04. The van der Waals surface area contributed by atoms with Crippen LogP contribution in [0.1, 0.15) is 11.7 Å². The molecule has 0 atom stereocenters. The summed E-state index contributed by atoms with van der Waals surface area (Å²) in [5, 5.41) is 11.1. The summed E-state index contributed by atoms with van der Waals surface area (Å²) in [4.78, 5) is 8.44. The van der Waals surface area contributed by atoms with Gasteiger partial charge in [0.15, 0.2) is 11.5 Å². The van der Waals surface area contributed by atoms with Crippen LogP contribution in [0.25, 0.3) is 5.65 Å². The molecule has 7 heteroatoms. The van der Waals surface area contributed by atoms with E-state index in [1.165, 1.54) is 0 Å². The van der Waals surface area contributed by atoms with Crippen LogP contribution in [0.4, 0.5) is 5.95 Å². The molecule has 3 aromatic heterocycles. The van der Waals surface area contributed by atoms with Crippen molar-refractivity contribution in [2.24, 2.45) is 0 Å². The Labute approximate surface area is 103 Å². The minimum atomic E-state index is 0.595. The molecular weight excluding hydrogens is 232 g/mol.